The lowest BCUT2D eigenvalue weighted by atomic mass is 10.2. The van der Waals surface area contributed by atoms with Gasteiger partial charge in [0, 0.05) is 10.1 Å². The van der Waals surface area contributed by atoms with Crippen LogP contribution in [-0.4, -0.2) is 7.11 Å². The van der Waals surface area contributed by atoms with Gasteiger partial charge in [-0.25, -0.2) is 0 Å². The van der Waals surface area contributed by atoms with Gasteiger partial charge in [-0.15, -0.1) is 11.3 Å². The number of hydrogen-bond acceptors (Lipinski definition) is 3. The van der Waals surface area contributed by atoms with E-state index in [-0.39, 0.29) is 0 Å². The van der Waals surface area contributed by atoms with Crippen molar-refractivity contribution in [2.45, 2.75) is 6.92 Å². The van der Waals surface area contributed by atoms with Crippen LogP contribution in [0, 0.1) is 6.92 Å². The lowest BCUT2D eigenvalue weighted by molar-refractivity contribution is 0.415. The van der Waals surface area contributed by atoms with Crippen LogP contribution < -0.4 is 10.5 Å². The Labute approximate surface area is 80.9 Å². The van der Waals surface area contributed by atoms with Gasteiger partial charge in [0.25, 0.3) is 0 Å². The molecule has 0 spiro atoms. The van der Waals surface area contributed by atoms with Gasteiger partial charge in [0.2, 0.25) is 0 Å². The van der Waals surface area contributed by atoms with Crippen molar-refractivity contribution in [1.82, 2.24) is 0 Å². The van der Waals surface area contributed by atoms with E-state index in [1.54, 1.807) is 18.4 Å². The van der Waals surface area contributed by atoms with E-state index in [1.807, 2.05) is 25.1 Å². The third kappa shape index (κ3) is 1.25. The Kier molecular flexibility index (Phi) is 1.88. The predicted molar refractivity (Wildman–Crippen MR) is 57.5 cm³/mol. The second kappa shape index (κ2) is 2.92. The van der Waals surface area contributed by atoms with E-state index in [1.165, 1.54) is 10.1 Å². The largest absolute Gasteiger partial charge is 0.497 e. The zero-order chi connectivity index (χ0) is 9.42. The molecule has 1 aromatic carbocycles. The third-order valence-corrected chi connectivity index (χ3v) is 3.28. The number of fused-ring (bicyclic) bond motifs is 1. The molecule has 0 aliphatic heterocycles. The van der Waals surface area contributed by atoms with Gasteiger partial charge in [-0.1, -0.05) is 0 Å². The molecule has 0 amide bonds. The van der Waals surface area contributed by atoms with E-state index in [9.17, 15) is 0 Å². The summed E-state index contributed by atoms with van der Waals surface area (Å²) in [6.45, 7) is 2.04. The molecule has 0 unspecified atom stereocenters. The fourth-order valence-electron chi connectivity index (χ4n) is 1.35. The van der Waals surface area contributed by atoms with E-state index in [4.69, 9.17) is 10.5 Å². The first kappa shape index (κ1) is 8.38. The van der Waals surface area contributed by atoms with Crippen LogP contribution in [0.5, 0.6) is 5.75 Å². The standard InChI is InChI=1S/C10H11NOS/c1-6-8-5-7(12-2)3-4-9(8)13-10(6)11/h3-5H,11H2,1-2H3. The predicted octanol–water partition coefficient (Wildman–Crippen LogP) is 2.80. The lowest BCUT2D eigenvalue weighted by Gasteiger charge is -1.98. The number of anilines is 1. The highest BCUT2D eigenvalue weighted by Gasteiger charge is 2.05. The summed E-state index contributed by atoms with van der Waals surface area (Å²) in [6, 6.07) is 6.03. The molecule has 0 bridgehead atoms. The van der Waals surface area contributed by atoms with Gasteiger partial charge in [0.05, 0.1) is 12.1 Å². The number of ether oxygens (including phenoxy) is 1. The fraction of sp³-hybridized carbons (Fsp3) is 0.200. The van der Waals surface area contributed by atoms with E-state index in [0.717, 1.165) is 16.3 Å². The first-order chi connectivity index (χ1) is 6.22. The minimum Gasteiger partial charge on any atom is -0.497 e. The van der Waals surface area contributed by atoms with Crippen LogP contribution in [0.2, 0.25) is 0 Å². The van der Waals surface area contributed by atoms with E-state index in [2.05, 4.69) is 0 Å². The minimum atomic E-state index is 0.883. The monoisotopic (exact) mass is 193 g/mol. The Morgan fingerprint density at radius 1 is 1.38 bits per heavy atom. The maximum Gasteiger partial charge on any atom is 0.119 e. The minimum absolute atomic E-state index is 0.883. The molecule has 2 N–H and O–H groups in total. The van der Waals surface area contributed by atoms with Gasteiger partial charge >= 0.3 is 0 Å². The lowest BCUT2D eigenvalue weighted by Crippen LogP contribution is -1.82. The highest BCUT2D eigenvalue weighted by molar-refractivity contribution is 7.22. The number of methoxy groups -OCH3 is 1. The Balaban J connectivity index is 2.75. The third-order valence-electron chi connectivity index (χ3n) is 2.18. The average molecular weight is 193 g/mol. The van der Waals surface area contributed by atoms with Crippen LogP contribution in [0.4, 0.5) is 5.00 Å². The van der Waals surface area contributed by atoms with Crippen molar-refractivity contribution in [3.8, 4) is 5.75 Å². The molecule has 0 atom stereocenters. The molecule has 0 radical (unpaired) electrons. The molecule has 2 rings (SSSR count). The van der Waals surface area contributed by atoms with Crippen LogP contribution in [0.25, 0.3) is 10.1 Å². The van der Waals surface area contributed by atoms with Crippen molar-refractivity contribution < 1.29 is 4.74 Å². The number of aryl methyl sites for hydroxylation is 1. The summed E-state index contributed by atoms with van der Waals surface area (Å²) in [5, 5.41) is 2.09. The average Bonchev–Trinajstić information content (AvgIpc) is 2.43. The summed E-state index contributed by atoms with van der Waals surface area (Å²) >= 11 is 1.62. The first-order valence-electron chi connectivity index (χ1n) is 4.05. The van der Waals surface area contributed by atoms with Crippen LogP contribution in [0.1, 0.15) is 5.56 Å². The van der Waals surface area contributed by atoms with Crippen molar-refractivity contribution in [1.29, 1.82) is 0 Å². The highest BCUT2D eigenvalue weighted by atomic mass is 32.1. The molecule has 2 aromatic rings. The van der Waals surface area contributed by atoms with Gasteiger partial charge in [-0.3, -0.25) is 0 Å². The molecule has 0 fully saturated rings. The summed E-state index contributed by atoms with van der Waals surface area (Å²) in [6.07, 6.45) is 0. The number of hydrogen-bond donors (Lipinski definition) is 1. The Morgan fingerprint density at radius 2 is 2.15 bits per heavy atom. The smallest absolute Gasteiger partial charge is 0.119 e. The Morgan fingerprint density at radius 3 is 2.85 bits per heavy atom. The zero-order valence-corrected chi connectivity index (χ0v) is 8.44. The second-order valence-electron chi connectivity index (χ2n) is 2.95. The number of thiophene rings is 1. The molecule has 1 aromatic heterocycles. The second-order valence-corrected chi connectivity index (χ2v) is 4.04. The highest BCUT2D eigenvalue weighted by Crippen LogP contribution is 2.34. The number of nitrogens with two attached hydrogens (primary N) is 1. The van der Waals surface area contributed by atoms with Gasteiger partial charge < -0.3 is 10.5 Å². The Hall–Kier alpha value is -1.22. The van der Waals surface area contributed by atoms with Gasteiger partial charge in [-0.2, -0.15) is 0 Å². The molecule has 2 nitrogen and oxygen atoms in total. The van der Waals surface area contributed by atoms with Crippen molar-refractivity contribution in [2.24, 2.45) is 0 Å². The number of nitrogen functional groups attached to an aromatic ring is 1. The first-order valence-corrected chi connectivity index (χ1v) is 4.86. The molecule has 0 aliphatic carbocycles. The van der Waals surface area contributed by atoms with E-state index < -0.39 is 0 Å². The van der Waals surface area contributed by atoms with Crippen LogP contribution in [0.3, 0.4) is 0 Å². The maximum atomic E-state index is 5.82. The van der Waals surface area contributed by atoms with Gasteiger partial charge in [0.1, 0.15) is 5.75 Å². The molecule has 68 valence electrons. The number of benzene rings is 1. The summed E-state index contributed by atoms with van der Waals surface area (Å²) in [5.41, 5.74) is 6.97. The molecule has 3 heteroatoms. The summed E-state index contributed by atoms with van der Waals surface area (Å²) in [4.78, 5) is 0. The van der Waals surface area contributed by atoms with Crippen LogP contribution >= 0.6 is 11.3 Å². The fourth-order valence-corrected chi connectivity index (χ4v) is 2.30. The summed E-state index contributed by atoms with van der Waals surface area (Å²) in [5.74, 6) is 0.883. The molecule has 0 saturated heterocycles. The Bertz CT molecular complexity index is 447. The van der Waals surface area contributed by atoms with Crippen molar-refractivity contribution in [2.75, 3.05) is 12.8 Å². The van der Waals surface area contributed by atoms with Crippen molar-refractivity contribution in [3.63, 3.8) is 0 Å². The number of rotatable bonds is 1. The van der Waals surface area contributed by atoms with Gasteiger partial charge in [-0.05, 0) is 30.7 Å². The topological polar surface area (TPSA) is 35.2 Å². The molecule has 1 heterocycles. The zero-order valence-electron chi connectivity index (χ0n) is 7.63. The molecular weight excluding hydrogens is 182 g/mol. The van der Waals surface area contributed by atoms with E-state index >= 15 is 0 Å². The van der Waals surface area contributed by atoms with Crippen molar-refractivity contribution >= 4 is 26.4 Å². The van der Waals surface area contributed by atoms with E-state index in [0.29, 0.717) is 0 Å². The SMILES string of the molecule is COc1ccc2sc(N)c(C)c2c1. The molecule has 0 saturated carbocycles. The maximum absolute atomic E-state index is 5.82. The molecule has 13 heavy (non-hydrogen) atoms. The quantitative estimate of drug-likeness (QED) is 0.755. The molecule has 0 aliphatic rings. The van der Waals surface area contributed by atoms with Crippen LogP contribution in [-0.2, 0) is 0 Å². The summed E-state index contributed by atoms with van der Waals surface area (Å²) < 4.78 is 6.37. The van der Waals surface area contributed by atoms with Gasteiger partial charge in [0.15, 0.2) is 0 Å². The normalized spacial score (nSPS) is 10.6. The summed E-state index contributed by atoms with van der Waals surface area (Å²) in [7, 11) is 1.67. The van der Waals surface area contributed by atoms with Crippen LogP contribution in [0.15, 0.2) is 18.2 Å². The van der Waals surface area contributed by atoms with Crippen molar-refractivity contribution in [3.05, 3.63) is 23.8 Å². The molecular formula is C10H11NOS.